The van der Waals surface area contributed by atoms with Gasteiger partial charge in [0.25, 0.3) is 0 Å². The molecule has 148 valence electrons. The van der Waals surface area contributed by atoms with Crippen LogP contribution in [0.1, 0.15) is 37.4 Å². The third-order valence-electron chi connectivity index (χ3n) is 4.12. The zero-order valence-corrected chi connectivity index (χ0v) is 15.9. The summed E-state index contributed by atoms with van der Waals surface area (Å²) in [7, 11) is 1.88. The van der Waals surface area contributed by atoms with Gasteiger partial charge in [-0.05, 0) is 43.2 Å². The van der Waals surface area contributed by atoms with E-state index < -0.39 is 5.97 Å². The Bertz CT molecular complexity index is 869. The van der Waals surface area contributed by atoms with Gasteiger partial charge >= 0.3 is 5.97 Å². The fourth-order valence-corrected chi connectivity index (χ4v) is 2.51. The summed E-state index contributed by atoms with van der Waals surface area (Å²) in [5.74, 6) is -1.35. The number of nitrogens with one attached hydrogen (secondary N) is 2. The van der Waals surface area contributed by atoms with E-state index in [1.165, 1.54) is 0 Å². The highest BCUT2D eigenvalue weighted by molar-refractivity contribution is 6.00. The average Bonchev–Trinajstić information content (AvgIpc) is 3.04. The van der Waals surface area contributed by atoms with Gasteiger partial charge in [-0.15, -0.1) is 0 Å². The number of nitrogens with zero attached hydrogens (tertiary/aromatic N) is 2. The van der Waals surface area contributed by atoms with E-state index in [1.54, 1.807) is 31.2 Å². The lowest BCUT2D eigenvalue weighted by Crippen LogP contribution is -2.22. The lowest BCUT2D eigenvalue weighted by molar-refractivity contribution is -0.137. The number of aryl methyl sites for hydroxylation is 1. The van der Waals surface area contributed by atoms with Crippen molar-refractivity contribution in [2.45, 2.75) is 32.6 Å². The number of aromatic nitrogens is 1. The smallest absolute Gasteiger partial charge is 0.303 e. The summed E-state index contributed by atoms with van der Waals surface area (Å²) in [5, 5.41) is 15.4. The molecule has 3 N–H and O–H groups in total. The van der Waals surface area contributed by atoms with Gasteiger partial charge in [0.05, 0.1) is 12.1 Å². The van der Waals surface area contributed by atoms with Gasteiger partial charge in [0, 0.05) is 37.5 Å². The lowest BCUT2D eigenvalue weighted by atomic mass is 10.1. The summed E-state index contributed by atoms with van der Waals surface area (Å²) >= 11 is 0. The number of carboxylic acids is 1. The summed E-state index contributed by atoms with van der Waals surface area (Å²) in [4.78, 5) is 34.2. The number of carbonyl (C=O) groups excluding carboxylic acids is 2. The van der Waals surface area contributed by atoms with Crippen molar-refractivity contribution < 1.29 is 19.5 Å². The number of hydrazone groups is 1. The predicted octanol–water partition coefficient (Wildman–Crippen LogP) is 2.30. The van der Waals surface area contributed by atoms with Crippen molar-refractivity contribution >= 4 is 29.2 Å². The molecule has 0 spiro atoms. The Morgan fingerprint density at radius 1 is 1.07 bits per heavy atom. The minimum atomic E-state index is -0.914. The van der Waals surface area contributed by atoms with Gasteiger partial charge in [0.2, 0.25) is 11.8 Å². The second-order valence-corrected chi connectivity index (χ2v) is 6.39. The fraction of sp³-hybridized carbons (Fsp3) is 0.300. The maximum absolute atomic E-state index is 12.0. The van der Waals surface area contributed by atoms with Crippen molar-refractivity contribution in [2.75, 3.05) is 5.32 Å². The van der Waals surface area contributed by atoms with E-state index in [0.29, 0.717) is 17.8 Å². The van der Waals surface area contributed by atoms with Crippen LogP contribution in [0.25, 0.3) is 0 Å². The van der Waals surface area contributed by atoms with E-state index in [9.17, 15) is 14.4 Å². The molecule has 0 aliphatic carbocycles. The Morgan fingerprint density at radius 2 is 1.79 bits per heavy atom. The second kappa shape index (κ2) is 10.1. The number of aliphatic carboxylic acids is 1. The highest BCUT2D eigenvalue weighted by atomic mass is 16.4. The Hall–Kier alpha value is -3.42. The molecule has 2 amide bonds. The van der Waals surface area contributed by atoms with Crippen LogP contribution in [0.4, 0.5) is 5.69 Å². The Balaban J connectivity index is 1.85. The van der Waals surface area contributed by atoms with Crippen molar-refractivity contribution in [3.8, 4) is 0 Å². The highest BCUT2D eigenvalue weighted by Gasteiger charge is 2.07. The molecule has 0 saturated heterocycles. The van der Waals surface area contributed by atoms with Crippen molar-refractivity contribution in [1.29, 1.82) is 0 Å². The largest absolute Gasteiger partial charge is 0.481 e. The molecule has 0 bridgehead atoms. The van der Waals surface area contributed by atoms with Gasteiger partial charge in [-0.2, -0.15) is 5.10 Å². The Kier molecular flexibility index (Phi) is 7.50. The van der Waals surface area contributed by atoms with E-state index in [0.717, 1.165) is 11.3 Å². The van der Waals surface area contributed by atoms with Crippen molar-refractivity contribution in [1.82, 2.24) is 9.99 Å². The molecular weight excluding hydrogens is 360 g/mol. The first-order valence-corrected chi connectivity index (χ1v) is 8.90. The summed E-state index contributed by atoms with van der Waals surface area (Å²) < 4.78 is 1.88. The van der Waals surface area contributed by atoms with Crippen LogP contribution in [0, 0.1) is 0 Å². The lowest BCUT2D eigenvalue weighted by Gasteiger charge is -2.07. The molecule has 0 radical (unpaired) electrons. The molecule has 0 unspecified atom stereocenters. The van der Waals surface area contributed by atoms with E-state index >= 15 is 0 Å². The molecule has 2 rings (SSSR count). The minimum Gasteiger partial charge on any atom is -0.481 e. The van der Waals surface area contributed by atoms with E-state index in [4.69, 9.17) is 5.11 Å². The van der Waals surface area contributed by atoms with Crippen LogP contribution in [0.5, 0.6) is 0 Å². The molecule has 0 saturated carbocycles. The maximum Gasteiger partial charge on any atom is 0.303 e. The Morgan fingerprint density at radius 3 is 2.39 bits per heavy atom. The van der Waals surface area contributed by atoms with Crippen molar-refractivity contribution in [2.24, 2.45) is 12.1 Å². The summed E-state index contributed by atoms with van der Waals surface area (Å²) in [6.45, 7) is 1.78. The molecule has 1 aromatic heterocycles. The van der Waals surface area contributed by atoms with E-state index in [2.05, 4.69) is 15.8 Å². The number of hydrogen-bond acceptors (Lipinski definition) is 4. The van der Waals surface area contributed by atoms with Gasteiger partial charge < -0.3 is 15.0 Å². The zero-order chi connectivity index (χ0) is 20.5. The topological polar surface area (TPSA) is 113 Å². The van der Waals surface area contributed by atoms with E-state index in [-0.39, 0.29) is 31.1 Å². The summed E-state index contributed by atoms with van der Waals surface area (Å²) in [5.41, 5.74) is 5.50. The number of anilines is 1. The second-order valence-electron chi connectivity index (χ2n) is 6.39. The first-order chi connectivity index (χ1) is 13.3. The van der Waals surface area contributed by atoms with Crippen LogP contribution in [0.2, 0.25) is 0 Å². The monoisotopic (exact) mass is 384 g/mol. The third kappa shape index (κ3) is 6.71. The van der Waals surface area contributed by atoms with Crippen LogP contribution < -0.4 is 10.7 Å². The van der Waals surface area contributed by atoms with Crippen LogP contribution >= 0.6 is 0 Å². The number of amides is 2. The van der Waals surface area contributed by atoms with Crippen molar-refractivity contribution in [3.05, 3.63) is 53.9 Å². The predicted molar refractivity (Wildman–Crippen MR) is 106 cm³/mol. The van der Waals surface area contributed by atoms with Crippen LogP contribution in [-0.2, 0) is 27.9 Å². The molecule has 8 nitrogen and oxygen atoms in total. The molecule has 2 aromatic rings. The first-order valence-electron chi connectivity index (χ1n) is 8.90. The van der Waals surface area contributed by atoms with Crippen LogP contribution in [0.3, 0.4) is 0 Å². The summed E-state index contributed by atoms with van der Waals surface area (Å²) in [6, 6.07) is 10.8. The SMILES string of the molecule is C/C(=N/NC(=O)Cc1cccn1C)c1ccc(NC(=O)CCCC(=O)O)cc1. The molecular formula is C20H24N4O4. The van der Waals surface area contributed by atoms with Crippen molar-refractivity contribution in [3.63, 3.8) is 0 Å². The fourth-order valence-electron chi connectivity index (χ4n) is 2.51. The molecule has 1 aromatic carbocycles. The third-order valence-corrected chi connectivity index (χ3v) is 4.12. The van der Waals surface area contributed by atoms with Crippen LogP contribution in [-0.4, -0.2) is 33.2 Å². The standard InChI is InChI=1S/C20H24N4O4/c1-14(22-23-19(26)13-17-5-4-12-24(17)2)15-8-10-16(11-9-15)21-18(25)6-3-7-20(27)28/h4-5,8-12H,3,6-7,13H2,1-2H3,(H,21,25)(H,23,26)(H,27,28)/b22-14-. The molecule has 0 fully saturated rings. The minimum absolute atomic E-state index is 0.0299. The number of carbonyl (C=O) groups is 3. The van der Waals surface area contributed by atoms with E-state index in [1.807, 2.05) is 29.9 Å². The normalized spacial score (nSPS) is 11.1. The Labute approximate surface area is 163 Å². The highest BCUT2D eigenvalue weighted by Crippen LogP contribution is 2.11. The molecule has 0 atom stereocenters. The molecule has 1 heterocycles. The van der Waals surface area contributed by atoms with Gasteiger partial charge in [-0.25, -0.2) is 5.43 Å². The van der Waals surface area contributed by atoms with Gasteiger partial charge in [-0.1, -0.05) is 12.1 Å². The molecule has 28 heavy (non-hydrogen) atoms. The zero-order valence-electron chi connectivity index (χ0n) is 15.9. The number of carboxylic acid groups (broad SMARTS) is 1. The van der Waals surface area contributed by atoms with Gasteiger partial charge in [-0.3, -0.25) is 14.4 Å². The van der Waals surface area contributed by atoms with Gasteiger partial charge in [0.1, 0.15) is 0 Å². The number of hydrogen-bond donors (Lipinski definition) is 3. The molecule has 8 heteroatoms. The molecule has 0 aliphatic rings. The molecule has 0 aliphatic heterocycles. The summed E-state index contributed by atoms with van der Waals surface area (Å²) in [6.07, 6.45) is 2.55. The number of benzene rings is 1. The maximum atomic E-state index is 12.0. The van der Waals surface area contributed by atoms with Gasteiger partial charge in [0.15, 0.2) is 0 Å². The average molecular weight is 384 g/mol. The first kappa shape index (κ1) is 20.9. The number of rotatable bonds is 9. The quantitative estimate of drug-likeness (QED) is 0.455. The van der Waals surface area contributed by atoms with Crippen LogP contribution in [0.15, 0.2) is 47.7 Å².